The van der Waals surface area contributed by atoms with E-state index in [1.807, 2.05) is 0 Å². The van der Waals surface area contributed by atoms with Crippen LogP contribution in [0.3, 0.4) is 0 Å². The van der Waals surface area contributed by atoms with E-state index in [4.69, 9.17) is 9.47 Å². The Bertz CT molecular complexity index is 535. The Morgan fingerprint density at radius 3 is 2.17 bits per heavy atom. The molecular formula is C14H17F3N2O4. The molecule has 2 amide bonds. The van der Waals surface area contributed by atoms with Crippen molar-refractivity contribution in [3.05, 3.63) is 24.3 Å². The van der Waals surface area contributed by atoms with Crippen LogP contribution < -0.4 is 20.1 Å². The fraction of sp³-hybridized carbons (Fsp3) is 0.429. The molecule has 0 heterocycles. The molecule has 0 aliphatic carbocycles. The van der Waals surface area contributed by atoms with Gasteiger partial charge in [-0.2, -0.15) is 13.2 Å². The molecule has 0 saturated heterocycles. The van der Waals surface area contributed by atoms with Gasteiger partial charge in [-0.05, 0) is 19.1 Å². The molecule has 0 bridgehead atoms. The molecule has 0 unspecified atom stereocenters. The monoisotopic (exact) mass is 334 g/mol. The highest BCUT2D eigenvalue weighted by Crippen LogP contribution is 2.26. The summed E-state index contributed by atoms with van der Waals surface area (Å²) in [5.74, 6) is -1.71. The quantitative estimate of drug-likeness (QED) is 0.702. The van der Waals surface area contributed by atoms with Gasteiger partial charge in [-0.15, -0.1) is 0 Å². The van der Waals surface area contributed by atoms with E-state index in [1.54, 1.807) is 36.5 Å². The third-order valence-corrected chi connectivity index (χ3v) is 2.50. The Labute approximate surface area is 130 Å². The third kappa shape index (κ3) is 6.90. The van der Waals surface area contributed by atoms with Crippen LogP contribution in [0.5, 0.6) is 11.5 Å². The number of rotatable bonds is 8. The SMILES string of the molecule is CCOc1ccccc1OCC(=O)NCCNC(=O)C(F)(F)F. The first-order valence-electron chi connectivity index (χ1n) is 6.81. The van der Waals surface area contributed by atoms with E-state index in [0.29, 0.717) is 18.1 Å². The molecule has 1 rings (SSSR count). The molecule has 1 aromatic rings. The average Bonchev–Trinajstić information content (AvgIpc) is 2.50. The first-order chi connectivity index (χ1) is 10.8. The summed E-state index contributed by atoms with van der Waals surface area (Å²) in [5.41, 5.74) is 0. The number of hydrogen-bond donors (Lipinski definition) is 2. The van der Waals surface area contributed by atoms with E-state index in [9.17, 15) is 22.8 Å². The van der Waals surface area contributed by atoms with Gasteiger partial charge >= 0.3 is 12.1 Å². The number of benzene rings is 1. The molecule has 9 heteroatoms. The lowest BCUT2D eigenvalue weighted by molar-refractivity contribution is -0.173. The van der Waals surface area contributed by atoms with Crippen molar-refractivity contribution in [2.75, 3.05) is 26.3 Å². The Balaban J connectivity index is 2.29. The highest BCUT2D eigenvalue weighted by molar-refractivity contribution is 5.81. The molecule has 0 saturated carbocycles. The normalized spacial score (nSPS) is 10.8. The molecule has 1 aromatic carbocycles. The maximum atomic E-state index is 11.9. The topological polar surface area (TPSA) is 76.7 Å². The number of ether oxygens (including phenoxy) is 2. The number of halogens is 3. The Morgan fingerprint density at radius 1 is 1.04 bits per heavy atom. The van der Waals surface area contributed by atoms with E-state index in [0.717, 1.165) is 0 Å². The maximum absolute atomic E-state index is 11.9. The standard InChI is InChI=1S/C14H17F3N2O4/c1-2-22-10-5-3-4-6-11(10)23-9-12(20)18-7-8-19-13(21)14(15,16)17/h3-6H,2,7-9H2,1H3,(H,18,20)(H,19,21). The predicted octanol–water partition coefficient (Wildman–Crippen LogP) is 1.26. The number of hydrogen-bond acceptors (Lipinski definition) is 4. The zero-order valence-corrected chi connectivity index (χ0v) is 12.4. The van der Waals surface area contributed by atoms with Crippen LogP contribution in [0, 0.1) is 0 Å². The second kappa shape index (κ2) is 8.86. The minimum atomic E-state index is -4.93. The molecule has 2 N–H and O–H groups in total. The van der Waals surface area contributed by atoms with E-state index in [-0.39, 0.29) is 19.7 Å². The lowest BCUT2D eigenvalue weighted by Gasteiger charge is -2.12. The Kier molecular flexibility index (Phi) is 7.17. The van der Waals surface area contributed by atoms with Gasteiger partial charge in [0.1, 0.15) is 0 Å². The summed E-state index contributed by atoms with van der Waals surface area (Å²) in [5, 5.41) is 3.96. The van der Waals surface area contributed by atoms with Crippen LogP contribution in [0.2, 0.25) is 0 Å². The number of amides is 2. The van der Waals surface area contributed by atoms with Gasteiger partial charge in [0.15, 0.2) is 18.1 Å². The van der Waals surface area contributed by atoms with Crippen LogP contribution >= 0.6 is 0 Å². The van der Waals surface area contributed by atoms with Crippen molar-refractivity contribution in [3.63, 3.8) is 0 Å². The van der Waals surface area contributed by atoms with Crippen LogP contribution in [0.25, 0.3) is 0 Å². The van der Waals surface area contributed by atoms with Gasteiger partial charge in [0.05, 0.1) is 6.61 Å². The van der Waals surface area contributed by atoms with Crippen molar-refractivity contribution in [3.8, 4) is 11.5 Å². The molecule has 6 nitrogen and oxygen atoms in total. The predicted molar refractivity (Wildman–Crippen MR) is 75.2 cm³/mol. The highest BCUT2D eigenvalue weighted by Gasteiger charge is 2.38. The number of para-hydroxylation sites is 2. The maximum Gasteiger partial charge on any atom is 0.471 e. The smallest absolute Gasteiger partial charge is 0.471 e. The van der Waals surface area contributed by atoms with Gasteiger partial charge in [0.25, 0.3) is 5.91 Å². The summed E-state index contributed by atoms with van der Waals surface area (Å²) in [4.78, 5) is 22.0. The molecule has 0 spiro atoms. The fourth-order valence-electron chi connectivity index (χ4n) is 1.52. The number of carbonyl (C=O) groups excluding carboxylic acids is 2. The molecule has 23 heavy (non-hydrogen) atoms. The van der Waals surface area contributed by atoms with Gasteiger partial charge < -0.3 is 20.1 Å². The van der Waals surface area contributed by atoms with Crippen LogP contribution in [0.1, 0.15) is 6.92 Å². The van der Waals surface area contributed by atoms with E-state index < -0.39 is 18.0 Å². The summed E-state index contributed by atoms with van der Waals surface area (Å²) in [6.45, 7) is 1.44. The lowest BCUT2D eigenvalue weighted by Crippen LogP contribution is -2.41. The Hall–Kier alpha value is -2.45. The van der Waals surface area contributed by atoms with Crippen LogP contribution in [-0.4, -0.2) is 44.3 Å². The fourth-order valence-corrected chi connectivity index (χ4v) is 1.52. The van der Waals surface area contributed by atoms with Crippen molar-refractivity contribution in [1.82, 2.24) is 10.6 Å². The average molecular weight is 334 g/mol. The van der Waals surface area contributed by atoms with Gasteiger partial charge in [-0.3, -0.25) is 9.59 Å². The summed E-state index contributed by atoms with van der Waals surface area (Å²) >= 11 is 0. The van der Waals surface area contributed by atoms with E-state index in [2.05, 4.69) is 5.32 Å². The summed E-state index contributed by atoms with van der Waals surface area (Å²) in [7, 11) is 0. The lowest BCUT2D eigenvalue weighted by atomic mass is 10.3. The molecule has 0 aliphatic rings. The van der Waals surface area contributed by atoms with Crippen LogP contribution in [0.15, 0.2) is 24.3 Å². The minimum Gasteiger partial charge on any atom is -0.490 e. The summed E-state index contributed by atoms with van der Waals surface area (Å²) in [6.07, 6.45) is -4.93. The van der Waals surface area contributed by atoms with Crippen LogP contribution in [-0.2, 0) is 9.59 Å². The summed E-state index contributed by atoms with van der Waals surface area (Å²) in [6, 6.07) is 6.77. The zero-order chi connectivity index (χ0) is 17.3. The van der Waals surface area contributed by atoms with Crippen molar-refractivity contribution in [1.29, 1.82) is 0 Å². The molecular weight excluding hydrogens is 317 g/mol. The molecule has 0 aromatic heterocycles. The van der Waals surface area contributed by atoms with Gasteiger partial charge in [-0.1, -0.05) is 12.1 Å². The molecule has 0 fully saturated rings. The van der Waals surface area contributed by atoms with E-state index >= 15 is 0 Å². The second-order valence-corrected chi connectivity index (χ2v) is 4.27. The molecule has 0 atom stereocenters. The number of carbonyl (C=O) groups is 2. The molecule has 128 valence electrons. The highest BCUT2D eigenvalue weighted by atomic mass is 19.4. The number of nitrogens with one attached hydrogen (secondary N) is 2. The molecule has 0 aliphatic heterocycles. The van der Waals surface area contributed by atoms with Gasteiger partial charge in [-0.25, -0.2) is 0 Å². The van der Waals surface area contributed by atoms with Crippen molar-refractivity contribution < 1.29 is 32.2 Å². The van der Waals surface area contributed by atoms with Crippen molar-refractivity contribution in [2.45, 2.75) is 13.1 Å². The molecule has 0 radical (unpaired) electrons. The summed E-state index contributed by atoms with van der Waals surface area (Å²) < 4.78 is 46.3. The van der Waals surface area contributed by atoms with Gasteiger partial charge in [0, 0.05) is 13.1 Å². The van der Waals surface area contributed by atoms with Crippen LogP contribution in [0.4, 0.5) is 13.2 Å². The minimum absolute atomic E-state index is 0.142. The van der Waals surface area contributed by atoms with E-state index in [1.165, 1.54) is 0 Å². The largest absolute Gasteiger partial charge is 0.490 e. The van der Waals surface area contributed by atoms with Gasteiger partial charge in [0.2, 0.25) is 0 Å². The second-order valence-electron chi connectivity index (χ2n) is 4.27. The first kappa shape index (κ1) is 18.6. The first-order valence-corrected chi connectivity index (χ1v) is 6.81. The van der Waals surface area contributed by atoms with Crippen molar-refractivity contribution in [2.24, 2.45) is 0 Å². The zero-order valence-electron chi connectivity index (χ0n) is 12.4. The Morgan fingerprint density at radius 2 is 1.61 bits per heavy atom. The van der Waals surface area contributed by atoms with Crippen molar-refractivity contribution >= 4 is 11.8 Å². The number of alkyl halides is 3. The third-order valence-electron chi connectivity index (χ3n) is 2.50.